The van der Waals surface area contributed by atoms with Gasteiger partial charge in [-0.15, -0.1) is 0 Å². The molecule has 1 aromatic heterocycles. The first-order chi connectivity index (χ1) is 8.66. The standard InChI is InChI=1S/C13H16N4O/c14-13(4-1-5-13)8-15-12(18)9-2-3-10-7-16-17-11(10)6-9/h2-3,6-7H,1,4-5,8,14H2,(H,15,18)(H,16,17). The maximum atomic E-state index is 12.0. The van der Waals surface area contributed by atoms with Crippen LogP contribution in [0.15, 0.2) is 24.4 Å². The molecule has 0 aliphatic heterocycles. The van der Waals surface area contributed by atoms with Crippen molar-refractivity contribution in [1.29, 1.82) is 0 Å². The number of nitrogens with zero attached hydrogens (tertiary/aromatic N) is 1. The lowest BCUT2D eigenvalue weighted by Crippen LogP contribution is -2.54. The van der Waals surface area contributed by atoms with Gasteiger partial charge in [-0.2, -0.15) is 5.10 Å². The normalized spacial score (nSPS) is 17.4. The Kier molecular flexibility index (Phi) is 2.56. The second kappa shape index (κ2) is 4.10. The highest BCUT2D eigenvalue weighted by Gasteiger charge is 2.32. The summed E-state index contributed by atoms with van der Waals surface area (Å²) in [6.45, 7) is 0.548. The van der Waals surface area contributed by atoms with Gasteiger partial charge in [0.15, 0.2) is 0 Å². The van der Waals surface area contributed by atoms with E-state index in [2.05, 4.69) is 15.5 Å². The molecule has 2 aromatic rings. The molecule has 1 aliphatic rings. The van der Waals surface area contributed by atoms with E-state index in [4.69, 9.17) is 5.73 Å². The van der Waals surface area contributed by atoms with Gasteiger partial charge in [-0.25, -0.2) is 0 Å². The third kappa shape index (κ3) is 1.97. The number of nitrogens with one attached hydrogen (secondary N) is 2. The van der Waals surface area contributed by atoms with E-state index in [1.54, 1.807) is 12.3 Å². The fourth-order valence-corrected chi connectivity index (χ4v) is 2.24. The van der Waals surface area contributed by atoms with Crippen molar-refractivity contribution < 1.29 is 4.79 Å². The number of benzene rings is 1. The minimum absolute atomic E-state index is 0.0803. The number of fused-ring (bicyclic) bond motifs is 1. The number of hydrogen-bond acceptors (Lipinski definition) is 3. The van der Waals surface area contributed by atoms with Crippen LogP contribution in [-0.4, -0.2) is 28.2 Å². The molecule has 1 aromatic carbocycles. The van der Waals surface area contributed by atoms with Crippen LogP contribution in [0.5, 0.6) is 0 Å². The number of nitrogens with two attached hydrogens (primary N) is 1. The van der Waals surface area contributed by atoms with Gasteiger partial charge in [-0.3, -0.25) is 9.89 Å². The van der Waals surface area contributed by atoms with Crippen molar-refractivity contribution in [3.8, 4) is 0 Å². The summed E-state index contributed by atoms with van der Waals surface area (Å²) >= 11 is 0. The molecule has 1 fully saturated rings. The van der Waals surface area contributed by atoms with Gasteiger partial charge in [0.25, 0.3) is 5.91 Å². The molecule has 5 heteroatoms. The molecule has 0 saturated heterocycles. The van der Waals surface area contributed by atoms with Crippen molar-refractivity contribution in [3.63, 3.8) is 0 Å². The maximum Gasteiger partial charge on any atom is 0.251 e. The summed E-state index contributed by atoms with van der Waals surface area (Å²) in [5.41, 5.74) is 7.39. The third-order valence-electron chi connectivity index (χ3n) is 3.65. The van der Waals surface area contributed by atoms with Crippen LogP contribution in [-0.2, 0) is 0 Å². The first kappa shape index (κ1) is 11.2. The summed E-state index contributed by atoms with van der Waals surface area (Å²) in [6, 6.07) is 5.49. The number of hydrogen-bond donors (Lipinski definition) is 3. The van der Waals surface area contributed by atoms with E-state index < -0.39 is 0 Å². The van der Waals surface area contributed by atoms with Crippen LogP contribution in [0.25, 0.3) is 10.9 Å². The van der Waals surface area contributed by atoms with E-state index >= 15 is 0 Å². The van der Waals surface area contributed by atoms with Crippen LogP contribution in [0.1, 0.15) is 29.6 Å². The quantitative estimate of drug-likeness (QED) is 0.758. The molecule has 1 heterocycles. The Morgan fingerprint density at radius 3 is 3.06 bits per heavy atom. The Labute approximate surface area is 105 Å². The largest absolute Gasteiger partial charge is 0.350 e. The van der Waals surface area contributed by atoms with Crippen molar-refractivity contribution in [2.75, 3.05) is 6.54 Å². The molecule has 1 amide bonds. The monoisotopic (exact) mass is 244 g/mol. The number of H-pyrrole nitrogens is 1. The van der Waals surface area contributed by atoms with Crippen molar-refractivity contribution in [2.45, 2.75) is 24.8 Å². The molecule has 0 radical (unpaired) electrons. The smallest absolute Gasteiger partial charge is 0.251 e. The molecule has 0 unspecified atom stereocenters. The highest BCUT2D eigenvalue weighted by molar-refractivity contribution is 5.97. The van der Waals surface area contributed by atoms with E-state index in [1.165, 1.54) is 0 Å². The van der Waals surface area contributed by atoms with Crippen molar-refractivity contribution in [1.82, 2.24) is 15.5 Å². The number of aromatic nitrogens is 2. The molecular weight excluding hydrogens is 228 g/mol. The molecule has 4 N–H and O–H groups in total. The number of amides is 1. The fourth-order valence-electron chi connectivity index (χ4n) is 2.24. The Morgan fingerprint density at radius 1 is 1.50 bits per heavy atom. The highest BCUT2D eigenvalue weighted by Crippen LogP contribution is 2.28. The third-order valence-corrected chi connectivity index (χ3v) is 3.65. The average Bonchev–Trinajstić information content (AvgIpc) is 2.80. The SMILES string of the molecule is NC1(CNC(=O)c2ccc3cn[nH]c3c2)CCC1. The maximum absolute atomic E-state index is 12.0. The Hall–Kier alpha value is -1.88. The van der Waals surface area contributed by atoms with Crippen LogP contribution >= 0.6 is 0 Å². The first-order valence-corrected chi connectivity index (χ1v) is 6.17. The van der Waals surface area contributed by atoms with Crippen molar-refractivity contribution in [2.24, 2.45) is 5.73 Å². The molecule has 18 heavy (non-hydrogen) atoms. The summed E-state index contributed by atoms with van der Waals surface area (Å²) in [6.07, 6.45) is 4.88. The summed E-state index contributed by atoms with van der Waals surface area (Å²) in [4.78, 5) is 12.0. The fraction of sp³-hybridized carbons (Fsp3) is 0.385. The van der Waals surface area contributed by atoms with E-state index in [0.29, 0.717) is 12.1 Å². The van der Waals surface area contributed by atoms with E-state index in [9.17, 15) is 4.79 Å². The lowest BCUT2D eigenvalue weighted by Gasteiger charge is -2.38. The first-order valence-electron chi connectivity index (χ1n) is 6.17. The molecule has 5 nitrogen and oxygen atoms in total. The number of rotatable bonds is 3. The minimum atomic E-state index is -0.187. The Morgan fingerprint density at radius 2 is 2.33 bits per heavy atom. The predicted octanol–water partition coefficient (Wildman–Crippen LogP) is 1.17. The van der Waals surface area contributed by atoms with Crippen molar-refractivity contribution >= 4 is 16.8 Å². The minimum Gasteiger partial charge on any atom is -0.350 e. The van der Waals surface area contributed by atoms with Crippen LogP contribution in [0.4, 0.5) is 0 Å². The molecule has 0 bridgehead atoms. The van der Waals surface area contributed by atoms with Crippen LogP contribution in [0.3, 0.4) is 0 Å². The topological polar surface area (TPSA) is 83.8 Å². The zero-order chi connectivity index (χ0) is 12.6. The van der Waals surface area contributed by atoms with Gasteiger partial charge >= 0.3 is 0 Å². The molecule has 0 spiro atoms. The zero-order valence-corrected chi connectivity index (χ0v) is 10.1. The summed E-state index contributed by atoms with van der Waals surface area (Å²) in [5.74, 6) is -0.0803. The van der Waals surface area contributed by atoms with Crippen molar-refractivity contribution in [3.05, 3.63) is 30.0 Å². The lowest BCUT2D eigenvalue weighted by atomic mass is 9.78. The Balaban J connectivity index is 1.71. The molecule has 3 rings (SSSR count). The molecule has 0 atom stereocenters. The van der Waals surface area contributed by atoms with Crippen LogP contribution in [0, 0.1) is 0 Å². The van der Waals surface area contributed by atoms with Gasteiger partial charge in [-0.05, 0) is 31.4 Å². The van der Waals surface area contributed by atoms with Gasteiger partial charge in [-0.1, -0.05) is 6.07 Å². The molecule has 1 saturated carbocycles. The number of aromatic amines is 1. The van der Waals surface area contributed by atoms with E-state index in [0.717, 1.165) is 30.2 Å². The number of carbonyl (C=O) groups excluding carboxylic acids is 1. The predicted molar refractivity (Wildman–Crippen MR) is 69.2 cm³/mol. The van der Waals surface area contributed by atoms with Gasteiger partial charge in [0, 0.05) is 23.0 Å². The number of carbonyl (C=O) groups is 1. The summed E-state index contributed by atoms with van der Waals surface area (Å²) in [5, 5.41) is 10.7. The van der Waals surface area contributed by atoms with Crippen LogP contribution in [0.2, 0.25) is 0 Å². The average molecular weight is 244 g/mol. The second-order valence-corrected chi connectivity index (χ2v) is 5.07. The van der Waals surface area contributed by atoms with Crippen LogP contribution < -0.4 is 11.1 Å². The molecular formula is C13H16N4O. The Bertz CT molecular complexity index is 585. The molecule has 94 valence electrons. The van der Waals surface area contributed by atoms with E-state index in [-0.39, 0.29) is 11.4 Å². The molecule has 1 aliphatic carbocycles. The van der Waals surface area contributed by atoms with Gasteiger partial charge < -0.3 is 11.1 Å². The van der Waals surface area contributed by atoms with E-state index in [1.807, 2.05) is 12.1 Å². The summed E-state index contributed by atoms with van der Waals surface area (Å²) in [7, 11) is 0. The second-order valence-electron chi connectivity index (χ2n) is 5.07. The van der Waals surface area contributed by atoms with Gasteiger partial charge in [0.1, 0.15) is 0 Å². The lowest BCUT2D eigenvalue weighted by molar-refractivity contribution is 0.0930. The van der Waals surface area contributed by atoms with Gasteiger partial charge in [0.2, 0.25) is 0 Å². The summed E-state index contributed by atoms with van der Waals surface area (Å²) < 4.78 is 0. The van der Waals surface area contributed by atoms with Gasteiger partial charge in [0.05, 0.1) is 11.7 Å². The zero-order valence-electron chi connectivity index (χ0n) is 10.1. The highest BCUT2D eigenvalue weighted by atomic mass is 16.1.